The number of likely N-dealkylation sites (tertiary alicyclic amines) is 1. The van der Waals surface area contributed by atoms with E-state index in [1.807, 2.05) is 0 Å². The number of rotatable bonds is 5. The van der Waals surface area contributed by atoms with Crippen LogP contribution in [0, 0.1) is 0 Å². The largest absolute Gasteiger partial charge is 0.383 e. The molecule has 2 heterocycles. The number of carbonyl (C=O) groups is 2. The van der Waals surface area contributed by atoms with Crippen molar-refractivity contribution in [2.45, 2.75) is 56.0 Å². The summed E-state index contributed by atoms with van der Waals surface area (Å²) in [4.78, 5) is 26.0. The van der Waals surface area contributed by atoms with Gasteiger partial charge in [0.15, 0.2) is 5.67 Å². The number of halogens is 1. The van der Waals surface area contributed by atoms with E-state index in [1.54, 1.807) is 12.0 Å². The van der Waals surface area contributed by atoms with Gasteiger partial charge in [0.25, 0.3) is 5.91 Å². The minimum Gasteiger partial charge on any atom is -0.383 e. The summed E-state index contributed by atoms with van der Waals surface area (Å²) in [6.07, 6.45) is 1.83. The van der Waals surface area contributed by atoms with Crippen LogP contribution >= 0.6 is 0 Å². The second-order valence-corrected chi connectivity index (χ2v) is 6.36. The van der Waals surface area contributed by atoms with E-state index in [2.05, 4.69) is 5.32 Å². The van der Waals surface area contributed by atoms with Crippen LogP contribution in [0.3, 0.4) is 0 Å². The topological polar surface area (TPSA) is 67.9 Å². The Hall–Kier alpha value is -1.21. The molecule has 22 heavy (non-hydrogen) atoms. The van der Waals surface area contributed by atoms with Gasteiger partial charge in [-0.25, -0.2) is 4.39 Å². The van der Waals surface area contributed by atoms with Crippen molar-refractivity contribution in [2.75, 3.05) is 26.8 Å². The molecule has 1 N–H and O–H groups in total. The molecule has 2 amide bonds. The molecule has 3 rings (SSSR count). The zero-order chi connectivity index (χ0) is 15.7. The standard InChI is InChI=1S/C15H23FN2O4/c1-21-8-6-17-13(19)12-9-10-11(22-12)3-7-18(10)14(20)15(16)4-2-5-15/h10-12H,2-9H2,1H3,(H,17,19)/t10-,11-,12-/m1/s1. The number of fused-ring (bicyclic) bond motifs is 1. The third-order valence-corrected chi connectivity index (χ3v) is 4.97. The highest BCUT2D eigenvalue weighted by atomic mass is 19.1. The lowest BCUT2D eigenvalue weighted by atomic mass is 9.80. The van der Waals surface area contributed by atoms with Gasteiger partial charge in [-0.05, 0) is 25.7 Å². The van der Waals surface area contributed by atoms with Crippen LogP contribution in [0.15, 0.2) is 0 Å². The third kappa shape index (κ3) is 2.72. The van der Waals surface area contributed by atoms with Gasteiger partial charge in [0.05, 0.1) is 18.8 Å². The molecule has 0 aromatic carbocycles. The van der Waals surface area contributed by atoms with Gasteiger partial charge < -0.3 is 19.7 Å². The Bertz CT molecular complexity index is 455. The minimum absolute atomic E-state index is 0.147. The molecule has 0 unspecified atom stereocenters. The van der Waals surface area contributed by atoms with E-state index in [-0.39, 0.29) is 18.1 Å². The Morgan fingerprint density at radius 3 is 2.86 bits per heavy atom. The van der Waals surface area contributed by atoms with Crippen LogP contribution in [0.5, 0.6) is 0 Å². The number of hydrogen-bond acceptors (Lipinski definition) is 4. The molecule has 1 saturated carbocycles. The molecule has 6 nitrogen and oxygen atoms in total. The van der Waals surface area contributed by atoms with Gasteiger partial charge in [0.1, 0.15) is 6.10 Å². The van der Waals surface area contributed by atoms with E-state index in [1.165, 1.54) is 0 Å². The lowest BCUT2D eigenvalue weighted by Crippen LogP contribution is -2.52. The summed E-state index contributed by atoms with van der Waals surface area (Å²) in [7, 11) is 1.57. The molecule has 3 aliphatic rings. The molecule has 0 bridgehead atoms. The van der Waals surface area contributed by atoms with E-state index in [0.29, 0.717) is 45.4 Å². The van der Waals surface area contributed by atoms with Crippen LogP contribution in [-0.2, 0) is 19.1 Å². The number of nitrogens with zero attached hydrogens (tertiary/aromatic N) is 1. The number of methoxy groups -OCH3 is 1. The molecule has 0 spiro atoms. The van der Waals surface area contributed by atoms with Gasteiger partial charge in [-0.15, -0.1) is 0 Å². The smallest absolute Gasteiger partial charge is 0.260 e. The number of alkyl halides is 1. The quantitative estimate of drug-likeness (QED) is 0.746. The van der Waals surface area contributed by atoms with Gasteiger partial charge in [-0.2, -0.15) is 0 Å². The highest BCUT2D eigenvalue weighted by Gasteiger charge is 2.53. The zero-order valence-corrected chi connectivity index (χ0v) is 12.8. The lowest BCUT2D eigenvalue weighted by Gasteiger charge is -2.37. The van der Waals surface area contributed by atoms with Crippen LogP contribution < -0.4 is 5.32 Å². The normalized spacial score (nSPS) is 32.5. The van der Waals surface area contributed by atoms with E-state index in [9.17, 15) is 14.0 Å². The van der Waals surface area contributed by atoms with Crippen molar-refractivity contribution in [1.82, 2.24) is 10.2 Å². The molecule has 0 aromatic rings. The monoisotopic (exact) mass is 314 g/mol. The summed E-state index contributed by atoms with van der Waals surface area (Å²) in [6.45, 7) is 1.40. The van der Waals surface area contributed by atoms with Crippen molar-refractivity contribution in [3.63, 3.8) is 0 Å². The molecule has 7 heteroatoms. The van der Waals surface area contributed by atoms with Crippen LogP contribution in [0.4, 0.5) is 4.39 Å². The maximum atomic E-state index is 14.3. The SMILES string of the molecule is COCCNC(=O)[C@H]1C[C@@H]2[C@@H](CCN2C(=O)C2(F)CCC2)O1. The Balaban J connectivity index is 1.56. The predicted octanol–water partition coefficient (Wildman–Crippen LogP) is 0.400. The molecule has 2 aliphatic heterocycles. The Kier molecular flexibility index (Phi) is 4.36. The highest BCUT2D eigenvalue weighted by molar-refractivity contribution is 5.87. The molecule has 1 aliphatic carbocycles. The van der Waals surface area contributed by atoms with E-state index < -0.39 is 17.7 Å². The Labute approximate surface area is 129 Å². The number of nitrogens with one attached hydrogen (secondary N) is 1. The van der Waals surface area contributed by atoms with E-state index in [0.717, 1.165) is 6.42 Å². The van der Waals surface area contributed by atoms with Crippen molar-refractivity contribution in [3.8, 4) is 0 Å². The molecular formula is C15H23FN2O4. The first-order valence-corrected chi connectivity index (χ1v) is 7.97. The summed E-state index contributed by atoms with van der Waals surface area (Å²) in [6, 6.07) is -0.168. The Morgan fingerprint density at radius 2 is 2.23 bits per heavy atom. The number of ether oxygens (including phenoxy) is 2. The summed E-state index contributed by atoms with van der Waals surface area (Å²) >= 11 is 0. The van der Waals surface area contributed by atoms with Crippen molar-refractivity contribution in [3.05, 3.63) is 0 Å². The third-order valence-electron chi connectivity index (χ3n) is 4.97. The van der Waals surface area contributed by atoms with Crippen LogP contribution in [-0.4, -0.2) is 67.4 Å². The first kappa shape index (κ1) is 15.7. The summed E-state index contributed by atoms with van der Waals surface area (Å²) in [5.74, 6) is -0.590. The lowest BCUT2D eigenvalue weighted by molar-refractivity contribution is -0.151. The second-order valence-electron chi connectivity index (χ2n) is 6.36. The fourth-order valence-electron chi connectivity index (χ4n) is 3.52. The van der Waals surface area contributed by atoms with Crippen molar-refractivity contribution in [1.29, 1.82) is 0 Å². The molecular weight excluding hydrogens is 291 g/mol. The summed E-state index contributed by atoms with van der Waals surface area (Å²) in [5.41, 5.74) is -1.67. The van der Waals surface area contributed by atoms with Crippen molar-refractivity contribution >= 4 is 11.8 Å². The number of carbonyl (C=O) groups excluding carboxylic acids is 2. The summed E-state index contributed by atoms with van der Waals surface area (Å²) < 4.78 is 25.0. The second kappa shape index (κ2) is 6.12. The van der Waals surface area contributed by atoms with Gasteiger partial charge in [-0.3, -0.25) is 9.59 Å². The molecule has 3 fully saturated rings. The molecule has 124 valence electrons. The molecule has 0 radical (unpaired) electrons. The maximum Gasteiger partial charge on any atom is 0.260 e. The first-order valence-electron chi connectivity index (χ1n) is 7.97. The fourth-order valence-corrected chi connectivity index (χ4v) is 3.52. The van der Waals surface area contributed by atoms with Crippen LogP contribution in [0.1, 0.15) is 32.1 Å². The van der Waals surface area contributed by atoms with Crippen LogP contribution in [0.25, 0.3) is 0 Å². The average Bonchev–Trinajstić information content (AvgIpc) is 3.04. The average molecular weight is 314 g/mol. The highest BCUT2D eigenvalue weighted by Crippen LogP contribution is 2.41. The van der Waals surface area contributed by atoms with Gasteiger partial charge in [-0.1, -0.05) is 0 Å². The number of hydrogen-bond donors (Lipinski definition) is 1. The predicted molar refractivity (Wildman–Crippen MR) is 76.0 cm³/mol. The molecule has 3 atom stereocenters. The fraction of sp³-hybridized carbons (Fsp3) is 0.867. The number of amides is 2. The van der Waals surface area contributed by atoms with Gasteiger partial charge in [0.2, 0.25) is 5.91 Å². The van der Waals surface area contributed by atoms with Gasteiger partial charge in [0, 0.05) is 26.6 Å². The van der Waals surface area contributed by atoms with Crippen molar-refractivity contribution < 1.29 is 23.5 Å². The van der Waals surface area contributed by atoms with Crippen LogP contribution in [0.2, 0.25) is 0 Å². The maximum absolute atomic E-state index is 14.3. The van der Waals surface area contributed by atoms with Crippen molar-refractivity contribution in [2.24, 2.45) is 0 Å². The molecule has 0 aromatic heterocycles. The summed E-state index contributed by atoms with van der Waals surface area (Å²) in [5, 5.41) is 2.74. The van der Waals surface area contributed by atoms with Gasteiger partial charge >= 0.3 is 0 Å². The first-order chi connectivity index (χ1) is 10.5. The van der Waals surface area contributed by atoms with E-state index in [4.69, 9.17) is 9.47 Å². The van der Waals surface area contributed by atoms with E-state index >= 15 is 0 Å². The zero-order valence-electron chi connectivity index (χ0n) is 12.8. The molecule has 2 saturated heterocycles. The minimum atomic E-state index is -1.67. The Morgan fingerprint density at radius 1 is 1.45 bits per heavy atom.